The summed E-state index contributed by atoms with van der Waals surface area (Å²) < 4.78 is 0. The van der Waals surface area contributed by atoms with Crippen molar-refractivity contribution in [1.29, 1.82) is 0 Å². The zero-order valence-corrected chi connectivity index (χ0v) is 10.8. The molecule has 1 aliphatic heterocycles. The van der Waals surface area contributed by atoms with Crippen molar-refractivity contribution in [2.24, 2.45) is 5.41 Å². The lowest BCUT2D eigenvalue weighted by Gasteiger charge is -2.36. The molecule has 0 bridgehead atoms. The van der Waals surface area contributed by atoms with Crippen LogP contribution in [0.3, 0.4) is 0 Å². The molecule has 0 spiro atoms. The zero-order valence-electron chi connectivity index (χ0n) is 10.8. The maximum atomic E-state index is 12.1. The Morgan fingerprint density at radius 1 is 1.41 bits per heavy atom. The van der Waals surface area contributed by atoms with Crippen LogP contribution in [0.5, 0.6) is 0 Å². The number of hydrogen-bond acceptors (Lipinski definition) is 3. The van der Waals surface area contributed by atoms with Gasteiger partial charge in [0.2, 0.25) is 5.82 Å². The third-order valence-corrected chi connectivity index (χ3v) is 3.46. The molecule has 5 heteroatoms. The highest BCUT2D eigenvalue weighted by Gasteiger charge is 2.29. The van der Waals surface area contributed by atoms with Gasteiger partial charge < -0.3 is 4.90 Å². The summed E-state index contributed by atoms with van der Waals surface area (Å²) in [6.07, 6.45) is 2.86. The summed E-state index contributed by atoms with van der Waals surface area (Å²) in [7, 11) is 0. The van der Waals surface area contributed by atoms with Gasteiger partial charge in [-0.3, -0.25) is 9.89 Å². The number of hydrogen-bond donors (Lipinski definition) is 1. The van der Waals surface area contributed by atoms with Crippen LogP contribution in [0, 0.1) is 5.41 Å². The molecule has 0 aromatic carbocycles. The summed E-state index contributed by atoms with van der Waals surface area (Å²) >= 11 is 0. The number of aromatic nitrogens is 3. The molecule has 17 heavy (non-hydrogen) atoms. The first-order chi connectivity index (χ1) is 8.02. The van der Waals surface area contributed by atoms with Gasteiger partial charge in [0.25, 0.3) is 5.91 Å². The molecule has 1 aromatic rings. The van der Waals surface area contributed by atoms with Crippen molar-refractivity contribution in [3.05, 3.63) is 11.6 Å². The lowest BCUT2D eigenvalue weighted by atomic mass is 9.83. The molecule has 1 aromatic heterocycles. The van der Waals surface area contributed by atoms with Gasteiger partial charge in [0, 0.05) is 19.5 Å². The smallest absolute Gasteiger partial charge is 0.293 e. The first kappa shape index (κ1) is 12.1. The Kier molecular flexibility index (Phi) is 3.17. The van der Waals surface area contributed by atoms with Crippen LogP contribution in [0.15, 0.2) is 0 Å². The van der Waals surface area contributed by atoms with E-state index in [9.17, 15) is 4.79 Å². The molecule has 1 saturated heterocycles. The van der Waals surface area contributed by atoms with Crippen molar-refractivity contribution in [3.8, 4) is 0 Å². The number of aryl methyl sites for hydroxylation is 1. The Morgan fingerprint density at radius 3 is 2.59 bits per heavy atom. The number of nitrogens with zero attached hydrogens (tertiary/aromatic N) is 3. The molecular weight excluding hydrogens is 216 g/mol. The molecule has 2 heterocycles. The van der Waals surface area contributed by atoms with Crippen LogP contribution in [-0.4, -0.2) is 39.1 Å². The molecule has 1 N–H and O–H groups in total. The van der Waals surface area contributed by atoms with E-state index in [2.05, 4.69) is 29.0 Å². The second kappa shape index (κ2) is 4.47. The third-order valence-electron chi connectivity index (χ3n) is 3.46. The lowest BCUT2D eigenvalue weighted by Crippen LogP contribution is -2.41. The fourth-order valence-electron chi connectivity index (χ4n) is 2.01. The van der Waals surface area contributed by atoms with E-state index < -0.39 is 0 Å². The number of carbonyl (C=O) groups is 1. The summed E-state index contributed by atoms with van der Waals surface area (Å²) in [6.45, 7) is 8.09. The Morgan fingerprint density at radius 2 is 2.06 bits per heavy atom. The number of nitrogens with one attached hydrogen (secondary N) is 1. The quantitative estimate of drug-likeness (QED) is 0.849. The average molecular weight is 236 g/mol. The summed E-state index contributed by atoms with van der Waals surface area (Å²) in [4.78, 5) is 18.2. The molecule has 2 rings (SSSR count). The molecule has 0 unspecified atom stereocenters. The summed E-state index contributed by atoms with van der Waals surface area (Å²) in [5.41, 5.74) is 0.352. The Labute approximate surface area is 102 Å². The predicted molar refractivity (Wildman–Crippen MR) is 64.7 cm³/mol. The molecule has 0 atom stereocenters. The predicted octanol–water partition coefficient (Wildman–Crippen LogP) is 1.63. The molecule has 0 saturated carbocycles. The van der Waals surface area contributed by atoms with Crippen LogP contribution < -0.4 is 0 Å². The summed E-state index contributed by atoms with van der Waals surface area (Å²) in [6, 6.07) is 0. The van der Waals surface area contributed by atoms with Gasteiger partial charge in [0.05, 0.1) is 0 Å². The van der Waals surface area contributed by atoms with E-state index in [-0.39, 0.29) is 5.91 Å². The van der Waals surface area contributed by atoms with Crippen molar-refractivity contribution in [2.75, 3.05) is 13.1 Å². The minimum Gasteiger partial charge on any atom is -0.336 e. The van der Waals surface area contributed by atoms with E-state index in [1.807, 2.05) is 11.8 Å². The maximum absolute atomic E-state index is 12.1. The number of H-pyrrole nitrogens is 1. The molecule has 5 nitrogen and oxygen atoms in total. The van der Waals surface area contributed by atoms with Crippen LogP contribution >= 0.6 is 0 Å². The maximum Gasteiger partial charge on any atom is 0.293 e. The van der Waals surface area contributed by atoms with Crippen LogP contribution in [0.1, 0.15) is 50.1 Å². The largest absolute Gasteiger partial charge is 0.336 e. The minimum absolute atomic E-state index is 0.0450. The number of rotatable bonds is 2. The number of amides is 1. The molecule has 1 fully saturated rings. The van der Waals surface area contributed by atoms with Gasteiger partial charge in [0.1, 0.15) is 5.82 Å². The SMILES string of the molecule is CCc1nc(C(=O)N2CCC(C)(C)CC2)n[nH]1. The van der Waals surface area contributed by atoms with Crippen LogP contribution in [-0.2, 0) is 6.42 Å². The number of aromatic amines is 1. The monoisotopic (exact) mass is 236 g/mol. The minimum atomic E-state index is -0.0450. The fraction of sp³-hybridized carbons (Fsp3) is 0.750. The zero-order chi connectivity index (χ0) is 12.5. The highest BCUT2D eigenvalue weighted by molar-refractivity contribution is 5.90. The van der Waals surface area contributed by atoms with Crippen molar-refractivity contribution in [3.63, 3.8) is 0 Å². The van der Waals surface area contributed by atoms with E-state index in [1.165, 1.54) is 0 Å². The second-order valence-corrected chi connectivity index (χ2v) is 5.42. The third kappa shape index (κ3) is 2.65. The Bertz CT molecular complexity index is 400. The first-order valence-corrected chi connectivity index (χ1v) is 6.22. The van der Waals surface area contributed by atoms with Gasteiger partial charge >= 0.3 is 0 Å². The van der Waals surface area contributed by atoms with Gasteiger partial charge in [-0.15, -0.1) is 5.10 Å². The average Bonchev–Trinajstić information content (AvgIpc) is 2.76. The second-order valence-electron chi connectivity index (χ2n) is 5.42. The molecule has 1 amide bonds. The number of likely N-dealkylation sites (tertiary alicyclic amines) is 1. The fourth-order valence-corrected chi connectivity index (χ4v) is 2.01. The number of piperidine rings is 1. The molecule has 0 radical (unpaired) electrons. The van der Waals surface area contributed by atoms with Crippen molar-refractivity contribution in [1.82, 2.24) is 20.1 Å². The van der Waals surface area contributed by atoms with E-state index in [4.69, 9.17) is 0 Å². The van der Waals surface area contributed by atoms with E-state index in [1.54, 1.807) is 0 Å². The molecule has 0 aliphatic carbocycles. The number of carbonyl (C=O) groups excluding carboxylic acids is 1. The van der Waals surface area contributed by atoms with Crippen molar-refractivity contribution < 1.29 is 4.79 Å². The molecule has 94 valence electrons. The van der Waals surface area contributed by atoms with Crippen LogP contribution in [0.4, 0.5) is 0 Å². The molecular formula is C12H20N4O. The molecule has 1 aliphatic rings. The van der Waals surface area contributed by atoms with Gasteiger partial charge in [-0.2, -0.15) is 0 Å². The van der Waals surface area contributed by atoms with Crippen LogP contribution in [0.2, 0.25) is 0 Å². The van der Waals surface area contributed by atoms with Crippen molar-refractivity contribution >= 4 is 5.91 Å². The van der Waals surface area contributed by atoms with Gasteiger partial charge in [0.15, 0.2) is 0 Å². The summed E-state index contributed by atoms with van der Waals surface area (Å²) in [5.74, 6) is 1.03. The van der Waals surface area contributed by atoms with E-state index in [0.717, 1.165) is 38.2 Å². The lowest BCUT2D eigenvalue weighted by molar-refractivity contribution is 0.0618. The highest BCUT2D eigenvalue weighted by Crippen LogP contribution is 2.29. The highest BCUT2D eigenvalue weighted by atomic mass is 16.2. The summed E-state index contributed by atoms with van der Waals surface area (Å²) in [5, 5.41) is 6.75. The normalized spacial score (nSPS) is 19.4. The van der Waals surface area contributed by atoms with Crippen molar-refractivity contribution in [2.45, 2.75) is 40.0 Å². The topological polar surface area (TPSA) is 61.9 Å². The first-order valence-electron chi connectivity index (χ1n) is 6.22. The Hall–Kier alpha value is -1.39. The van der Waals surface area contributed by atoms with Crippen LogP contribution in [0.25, 0.3) is 0 Å². The van der Waals surface area contributed by atoms with Gasteiger partial charge in [-0.05, 0) is 18.3 Å². The standard InChI is InChI=1S/C12H20N4O/c1-4-9-13-10(15-14-9)11(17)16-7-5-12(2,3)6-8-16/h4-8H2,1-3H3,(H,13,14,15). The van der Waals surface area contributed by atoms with Gasteiger partial charge in [-0.25, -0.2) is 4.98 Å². The van der Waals surface area contributed by atoms with E-state index >= 15 is 0 Å². The van der Waals surface area contributed by atoms with E-state index in [0.29, 0.717) is 11.2 Å². The van der Waals surface area contributed by atoms with Gasteiger partial charge in [-0.1, -0.05) is 20.8 Å². The Balaban J connectivity index is 2.01.